The van der Waals surface area contributed by atoms with Crippen molar-refractivity contribution in [3.8, 4) is 0 Å². The lowest BCUT2D eigenvalue weighted by Crippen LogP contribution is -2.20. The minimum atomic E-state index is 0.0685. The van der Waals surface area contributed by atoms with E-state index in [1.54, 1.807) is 10.9 Å². The largest absolute Gasteiger partial charge is 0.298 e. The topological polar surface area (TPSA) is 34.9 Å². The number of aryl methyl sites for hydroxylation is 3. The number of hydrogen-bond donors (Lipinski definition) is 0. The van der Waals surface area contributed by atoms with Gasteiger partial charge in [-0.2, -0.15) is 0 Å². The van der Waals surface area contributed by atoms with Gasteiger partial charge in [-0.3, -0.25) is 9.36 Å². The summed E-state index contributed by atoms with van der Waals surface area (Å²) in [4.78, 5) is 16.7. The van der Waals surface area contributed by atoms with Crippen LogP contribution < -0.4 is 5.56 Å². The fraction of sp³-hybridized carbons (Fsp3) is 0.200. The van der Waals surface area contributed by atoms with E-state index >= 15 is 0 Å². The van der Waals surface area contributed by atoms with E-state index in [1.807, 2.05) is 30.5 Å². The van der Waals surface area contributed by atoms with Crippen LogP contribution in [0.25, 0.3) is 10.2 Å². The summed E-state index contributed by atoms with van der Waals surface area (Å²) in [5.41, 5.74) is 3.22. The van der Waals surface area contributed by atoms with Crippen molar-refractivity contribution >= 4 is 21.6 Å². The van der Waals surface area contributed by atoms with E-state index in [2.05, 4.69) is 17.1 Å². The summed E-state index contributed by atoms with van der Waals surface area (Å²) in [7, 11) is 0. The molecule has 96 valence electrons. The van der Waals surface area contributed by atoms with E-state index in [0.29, 0.717) is 6.54 Å². The van der Waals surface area contributed by atoms with Crippen molar-refractivity contribution in [3.05, 3.63) is 63.5 Å². The SMILES string of the molecule is Cc1csc2c(=O)n(CCc3ccccc3)cnc12. The molecule has 0 fully saturated rings. The van der Waals surface area contributed by atoms with E-state index < -0.39 is 0 Å². The molecule has 3 aromatic rings. The number of aromatic nitrogens is 2. The first-order valence-electron chi connectivity index (χ1n) is 6.23. The van der Waals surface area contributed by atoms with E-state index in [9.17, 15) is 4.79 Å². The summed E-state index contributed by atoms with van der Waals surface area (Å²) < 4.78 is 2.46. The molecular weight excluding hydrogens is 256 g/mol. The van der Waals surface area contributed by atoms with Crippen molar-refractivity contribution in [1.82, 2.24) is 9.55 Å². The van der Waals surface area contributed by atoms with E-state index in [1.165, 1.54) is 16.9 Å². The molecule has 4 heteroatoms. The van der Waals surface area contributed by atoms with Gasteiger partial charge >= 0.3 is 0 Å². The van der Waals surface area contributed by atoms with Crippen molar-refractivity contribution in [2.45, 2.75) is 19.9 Å². The zero-order valence-electron chi connectivity index (χ0n) is 10.7. The number of rotatable bonds is 3. The zero-order valence-corrected chi connectivity index (χ0v) is 11.5. The first-order chi connectivity index (χ1) is 9.25. The number of nitrogens with zero attached hydrogens (tertiary/aromatic N) is 2. The Bertz CT molecular complexity index is 759. The van der Waals surface area contributed by atoms with Gasteiger partial charge in [0.25, 0.3) is 5.56 Å². The Morgan fingerprint density at radius 3 is 2.84 bits per heavy atom. The fourth-order valence-corrected chi connectivity index (χ4v) is 3.06. The standard InChI is InChI=1S/C15H14N2OS/c1-11-9-19-14-13(11)16-10-17(15(14)18)8-7-12-5-3-2-4-6-12/h2-6,9-10H,7-8H2,1H3. The monoisotopic (exact) mass is 270 g/mol. The molecular formula is C15H14N2OS. The highest BCUT2D eigenvalue weighted by Gasteiger charge is 2.08. The highest BCUT2D eigenvalue weighted by molar-refractivity contribution is 7.17. The van der Waals surface area contributed by atoms with Crippen molar-refractivity contribution in [2.24, 2.45) is 0 Å². The van der Waals surface area contributed by atoms with E-state index in [0.717, 1.165) is 22.2 Å². The third-order valence-corrected chi connectivity index (χ3v) is 4.28. The number of thiophene rings is 1. The Morgan fingerprint density at radius 1 is 1.26 bits per heavy atom. The minimum Gasteiger partial charge on any atom is -0.298 e. The molecule has 0 radical (unpaired) electrons. The molecule has 1 aromatic carbocycles. The predicted molar refractivity (Wildman–Crippen MR) is 78.8 cm³/mol. The summed E-state index contributed by atoms with van der Waals surface area (Å²) in [5.74, 6) is 0. The molecule has 0 saturated carbocycles. The molecule has 2 aromatic heterocycles. The Labute approximate surface area is 115 Å². The normalized spacial score (nSPS) is 11.0. The second-order valence-corrected chi connectivity index (χ2v) is 5.45. The molecule has 19 heavy (non-hydrogen) atoms. The lowest BCUT2D eigenvalue weighted by atomic mass is 10.1. The first-order valence-corrected chi connectivity index (χ1v) is 7.11. The number of fused-ring (bicyclic) bond motifs is 1. The lowest BCUT2D eigenvalue weighted by Gasteiger charge is -2.05. The predicted octanol–water partition coefficient (Wildman–Crippen LogP) is 3.01. The average molecular weight is 270 g/mol. The molecule has 0 amide bonds. The second kappa shape index (κ2) is 4.97. The smallest absolute Gasteiger partial charge is 0.271 e. The van der Waals surface area contributed by atoms with Crippen molar-refractivity contribution in [1.29, 1.82) is 0 Å². The van der Waals surface area contributed by atoms with Gasteiger partial charge in [0.15, 0.2) is 0 Å². The summed E-state index contributed by atoms with van der Waals surface area (Å²) in [6.07, 6.45) is 2.51. The van der Waals surface area contributed by atoms with Crippen LogP contribution >= 0.6 is 11.3 Å². The molecule has 0 unspecified atom stereocenters. The zero-order chi connectivity index (χ0) is 13.2. The minimum absolute atomic E-state index is 0.0685. The third-order valence-electron chi connectivity index (χ3n) is 3.21. The van der Waals surface area contributed by atoms with Gasteiger partial charge in [-0.1, -0.05) is 30.3 Å². The van der Waals surface area contributed by atoms with Gasteiger partial charge < -0.3 is 0 Å². The van der Waals surface area contributed by atoms with Gasteiger partial charge in [-0.05, 0) is 29.9 Å². The van der Waals surface area contributed by atoms with Gasteiger partial charge in [0, 0.05) is 6.54 Å². The molecule has 0 N–H and O–H groups in total. The second-order valence-electron chi connectivity index (χ2n) is 4.58. The first kappa shape index (κ1) is 12.1. The van der Waals surface area contributed by atoms with Gasteiger partial charge in [-0.15, -0.1) is 11.3 Å². The molecule has 0 spiro atoms. The quantitative estimate of drug-likeness (QED) is 0.733. The Hall–Kier alpha value is -1.94. The van der Waals surface area contributed by atoms with Crippen LogP contribution in [0.1, 0.15) is 11.1 Å². The van der Waals surface area contributed by atoms with Crippen LogP contribution in [0.5, 0.6) is 0 Å². The van der Waals surface area contributed by atoms with Crippen LogP contribution in [0.2, 0.25) is 0 Å². The van der Waals surface area contributed by atoms with Gasteiger partial charge in [0.1, 0.15) is 4.70 Å². The molecule has 3 rings (SSSR count). The van der Waals surface area contributed by atoms with Crippen molar-refractivity contribution < 1.29 is 0 Å². The average Bonchev–Trinajstić information content (AvgIpc) is 2.82. The highest BCUT2D eigenvalue weighted by atomic mass is 32.1. The fourth-order valence-electron chi connectivity index (χ4n) is 2.11. The molecule has 0 saturated heterocycles. The highest BCUT2D eigenvalue weighted by Crippen LogP contribution is 2.19. The van der Waals surface area contributed by atoms with Crippen LogP contribution in [-0.4, -0.2) is 9.55 Å². The maximum absolute atomic E-state index is 12.3. The summed E-state index contributed by atoms with van der Waals surface area (Å²) in [6, 6.07) is 10.2. The van der Waals surface area contributed by atoms with Gasteiger partial charge in [0.05, 0.1) is 11.8 Å². The van der Waals surface area contributed by atoms with E-state index in [-0.39, 0.29) is 5.56 Å². The molecule has 0 aliphatic heterocycles. The number of benzene rings is 1. The van der Waals surface area contributed by atoms with Crippen LogP contribution in [0, 0.1) is 6.92 Å². The summed E-state index contributed by atoms with van der Waals surface area (Å²) >= 11 is 1.48. The summed E-state index contributed by atoms with van der Waals surface area (Å²) in [6.45, 7) is 2.66. The molecule has 2 heterocycles. The van der Waals surface area contributed by atoms with Crippen LogP contribution in [0.15, 0.2) is 46.8 Å². The summed E-state index contributed by atoms with van der Waals surface area (Å²) in [5, 5.41) is 1.99. The lowest BCUT2D eigenvalue weighted by molar-refractivity contribution is 0.663. The number of hydrogen-bond acceptors (Lipinski definition) is 3. The van der Waals surface area contributed by atoms with Crippen LogP contribution in [0.4, 0.5) is 0 Å². The Kier molecular flexibility index (Phi) is 3.17. The third kappa shape index (κ3) is 2.31. The Balaban J connectivity index is 1.90. The van der Waals surface area contributed by atoms with Crippen LogP contribution in [-0.2, 0) is 13.0 Å². The van der Waals surface area contributed by atoms with Gasteiger partial charge in [-0.25, -0.2) is 4.98 Å². The van der Waals surface area contributed by atoms with Crippen molar-refractivity contribution in [3.63, 3.8) is 0 Å². The molecule has 0 aliphatic rings. The molecule has 3 nitrogen and oxygen atoms in total. The Morgan fingerprint density at radius 2 is 2.05 bits per heavy atom. The maximum Gasteiger partial charge on any atom is 0.271 e. The molecule has 0 aliphatic carbocycles. The van der Waals surface area contributed by atoms with Crippen LogP contribution in [0.3, 0.4) is 0 Å². The van der Waals surface area contributed by atoms with E-state index in [4.69, 9.17) is 0 Å². The molecule has 0 bridgehead atoms. The molecule has 0 atom stereocenters. The van der Waals surface area contributed by atoms with Gasteiger partial charge in [0.2, 0.25) is 0 Å². The van der Waals surface area contributed by atoms with Crippen molar-refractivity contribution in [2.75, 3.05) is 0 Å². The maximum atomic E-state index is 12.3.